The molecule has 0 fully saturated rings. The van der Waals surface area contributed by atoms with E-state index in [1.165, 1.54) is 26.4 Å². The third-order valence-corrected chi connectivity index (χ3v) is 6.88. The second kappa shape index (κ2) is 13.9. The Labute approximate surface area is 244 Å². The molecule has 3 aromatic rings. The predicted molar refractivity (Wildman–Crippen MR) is 160 cm³/mol. The molecule has 222 valence electrons. The number of esters is 1. The van der Waals surface area contributed by atoms with Gasteiger partial charge in [0.25, 0.3) is 0 Å². The van der Waals surface area contributed by atoms with Crippen molar-refractivity contribution in [3.63, 3.8) is 0 Å². The van der Waals surface area contributed by atoms with E-state index in [2.05, 4.69) is 10.6 Å². The number of nitrogens with zero attached hydrogens (tertiary/aromatic N) is 1. The number of likely N-dealkylation sites (N-methyl/N-ethyl adjacent to an activating group) is 1. The Morgan fingerprint density at radius 2 is 1.79 bits per heavy atom. The lowest BCUT2D eigenvalue weighted by Gasteiger charge is -2.16. The molecule has 0 bridgehead atoms. The zero-order chi connectivity index (χ0) is 30.2. The van der Waals surface area contributed by atoms with Gasteiger partial charge in [0.2, 0.25) is 5.91 Å². The van der Waals surface area contributed by atoms with Crippen molar-refractivity contribution >= 4 is 34.8 Å². The van der Waals surface area contributed by atoms with E-state index >= 15 is 0 Å². The van der Waals surface area contributed by atoms with Crippen molar-refractivity contribution in [1.29, 1.82) is 0 Å². The summed E-state index contributed by atoms with van der Waals surface area (Å²) in [6, 6.07) is 11.8. The van der Waals surface area contributed by atoms with Crippen LogP contribution in [-0.4, -0.2) is 64.8 Å². The third kappa shape index (κ3) is 7.38. The Morgan fingerprint density at radius 3 is 2.43 bits per heavy atom. The summed E-state index contributed by atoms with van der Waals surface area (Å²) < 4.78 is 36.1. The minimum atomic E-state index is -0.400. The van der Waals surface area contributed by atoms with Crippen LogP contribution in [0.3, 0.4) is 0 Å². The molecule has 9 nitrogen and oxygen atoms in total. The van der Waals surface area contributed by atoms with Gasteiger partial charge in [-0.2, -0.15) is 0 Å². The zero-order valence-corrected chi connectivity index (χ0v) is 24.5. The number of benzene rings is 2. The largest absolute Gasteiger partial charge is 0.494 e. The number of anilines is 1. The van der Waals surface area contributed by atoms with E-state index in [1.54, 1.807) is 24.5 Å². The highest BCUT2D eigenvalue weighted by molar-refractivity contribution is 6.08. The maximum absolute atomic E-state index is 14.3. The van der Waals surface area contributed by atoms with Crippen molar-refractivity contribution in [2.24, 2.45) is 0 Å². The summed E-state index contributed by atoms with van der Waals surface area (Å²) in [6.07, 6.45) is 3.58. The lowest BCUT2D eigenvalue weighted by atomic mass is 10.00. The van der Waals surface area contributed by atoms with Crippen LogP contribution in [0.5, 0.6) is 11.5 Å². The maximum Gasteiger partial charge on any atom is 0.325 e. The molecule has 0 saturated heterocycles. The van der Waals surface area contributed by atoms with Crippen molar-refractivity contribution in [3.8, 4) is 11.5 Å². The summed E-state index contributed by atoms with van der Waals surface area (Å²) >= 11 is 0. The summed E-state index contributed by atoms with van der Waals surface area (Å²) in [5, 5.41) is 5.92. The molecule has 0 spiro atoms. The molecule has 0 atom stereocenters. The Balaban J connectivity index is 1.59. The van der Waals surface area contributed by atoms with Crippen molar-refractivity contribution in [2.75, 3.05) is 53.3 Å². The first-order valence-electron chi connectivity index (χ1n) is 13.5. The van der Waals surface area contributed by atoms with E-state index in [0.717, 1.165) is 27.8 Å². The van der Waals surface area contributed by atoms with Crippen LogP contribution in [0.4, 0.5) is 10.1 Å². The molecule has 1 amide bonds. The quantitative estimate of drug-likeness (QED) is 0.274. The van der Waals surface area contributed by atoms with Gasteiger partial charge in [0.1, 0.15) is 41.9 Å². The number of allylic oxidation sites excluding steroid dienone is 2. The fourth-order valence-corrected chi connectivity index (χ4v) is 4.71. The molecular weight excluding hydrogens is 541 g/mol. The summed E-state index contributed by atoms with van der Waals surface area (Å²) in [5.74, 6) is 0.613. The minimum Gasteiger partial charge on any atom is -0.494 e. The molecule has 1 aliphatic rings. The number of hydrogen-bond donors (Lipinski definition) is 2. The van der Waals surface area contributed by atoms with E-state index < -0.39 is 5.97 Å². The topological polar surface area (TPSA) is 102 Å². The van der Waals surface area contributed by atoms with Gasteiger partial charge in [-0.1, -0.05) is 6.07 Å². The average Bonchev–Trinajstić information content (AvgIpc) is 3.57. The number of rotatable bonds is 13. The number of methoxy groups -OCH3 is 2. The maximum atomic E-state index is 14.3. The lowest BCUT2D eigenvalue weighted by Crippen LogP contribution is -2.23. The average molecular weight is 578 g/mol. The van der Waals surface area contributed by atoms with Gasteiger partial charge in [-0.05, 0) is 96.9 Å². The first-order chi connectivity index (χ1) is 20.2. The normalized spacial score (nSPS) is 13.4. The standard InChI is InChI=1S/C32H36FN3O6/c1-20-25(24-9-8-22(33)16-27(24)26(20)17-30(37)34-18-23-7-6-11-41-23)13-21-14-28(39-4)32(29(15-21)40-5)35-19-31(38)42-12-10-36(2)3/h6-9,11,13-16,35H,10,12,17-19H2,1-5H3,(H,34,37). The van der Waals surface area contributed by atoms with Gasteiger partial charge in [-0.3, -0.25) is 9.59 Å². The number of nitrogens with one attached hydrogen (secondary N) is 2. The van der Waals surface area contributed by atoms with Gasteiger partial charge in [-0.15, -0.1) is 0 Å². The first kappa shape index (κ1) is 30.4. The van der Waals surface area contributed by atoms with Crippen molar-refractivity contribution in [2.45, 2.75) is 19.9 Å². The van der Waals surface area contributed by atoms with E-state index in [0.29, 0.717) is 41.7 Å². The van der Waals surface area contributed by atoms with Crippen LogP contribution in [0.1, 0.15) is 35.8 Å². The molecule has 42 heavy (non-hydrogen) atoms. The molecule has 2 aromatic carbocycles. The molecule has 0 saturated carbocycles. The Bertz CT molecular complexity index is 1470. The number of fused-ring (bicyclic) bond motifs is 1. The summed E-state index contributed by atoms with van der Waals surface area (Å²) in [4.78, 5) is 27.0. The number of hydrogen-bond acceptors (Lipinski definition) is 8. The fourth-order valence-electron chi connectivity index (χ4n) is 4.71. The van der Waals surface area contributed by atoms with Crippen molar-refractivity contribution in [3.05, 3.63) is 82.6 Å². The van der Waals surface area contributed by atoms with Crippen LogP contribution < -0.4 is 20.1 Å². The second-order valence-corrected chi connectivity index (χ2v) is 10.1. The summed E-state index contributed by atoms with van der Waals surface area (Å²) in [7, 11) is 6.87. The SMILES string of the molecule is COc1cc(C=C2C(C)=C(CC(=O)NCc3ccco3)c3cc(F)ccc32)cc(OC)c1NCC(=O)OCCN(C)C. The molecule has 0 unspecified atom stereocenters. The second-order valence-electron chi connectivity index (χ2n) is 10.1. The Morgan fingerprint density at radius 1 is 1.05 bits per heavy atom. The van der Waals surface area contributed by atoms with Gasteiger partial charge < -0.3 is 34.2 Å². The van der Waals surface area contributed by atoms with Crippen molar-refractivity contribution < 1.29 is 32.6 Å². The van der Waals surface area contributed by atoms with Crippen molar-refractivity contribution in [1.82, 2.24) is 10.2 Å². The number of carbonyl (C=O) groups excluding carboxylic acids is 2. The molecule has 0 aliphatic heterocycles. The highest BCUT2D eigenvalue weighted by atomic mass is 19.1. The van der Waals surface area contributed by atoms with Crippen LogP contribution in [0, 0.1) is 5.82 Å². The molecule has 4 rings (SSSR count). The fraction of sp³-hybridized carbons (Fsp3) is 0.312. The predicted octanol–water partition coefficient (Wildman–Crippen LogP) is 4.99. The zero-order valence-electron chi connectivity index (χ0n) is 24.5. The minimum absolute atomic E-state index is 0.0628. The van der Waals surface area contributed by atoms with Gasteiger partial charge in [-0.25, -0.2) is 4.39 Å². The van der Waals surface area contributed by atoms with Crippen LogP contribution in [0.15, 0.2) is 58.7 Å². The number of halogens is 1. The van der Waals surface area contributed by atoms with E-state index in [4.69, 9.17) is 18.6 Å². The van der Waals surface area contributed by atoms with E-state index in [-0.39, 0.29) is 31.2 Å². The van der Waals surface area contributed by atoms with E-state index in [9.17, 15) is 14.0 Å². The van der Waals surface area contributed by atoms with Gasteiger partial charge in [0.05, 0.1) is 33.4 Å². The van der Waals surface area contributed by atoms with Gasteiger partial charge >= 0.3 is 5.97 Å². The number of amides is 1. The van der Waals surface area contributed by atoms with Crippen LogP contribution in [0.2, 0.25) is 0 Å². The molecule has 0 radical (unpaired) electrons. The number of carbonyl (C=O) groups is 2. The Kier molecular flexibility index (Phi) is 10.0. The monoisotopic (exact) mass is 577 g/mol. The molecule has 1 aromatic heterocycles. The summed E-state index contributed by atoms with van der Waals surface area (Å²) in [5.41, 5.74) is 5.24. The highest BCUT2D eigenvalue weighted by Gasteiger charge is 2.26. The molecule has 1 heterocycles. The summed E-state index contributed by atoms with van der Waals surface area (Å²) in [6.45, 7) is 3.05. The molecule has 1 aliphatic carbocycles. The van der Waals surface area contributed by atoms with Crippen LogP contribution in [0.25, 0.3) is 17.2 Å². The lowest BCUT2D eigenvalue weighted by molar-refractivity contribution is -0.141. The number of furan rings is 1. The third-order valence-electron chi connectivity index (χ3n) is 6.88. The van der Waals surface area contributed by atoms with Gasteiger partial charge in [0, 0.05) is 6.54 Å². The number of ether oxygens (including phenoxy) is 3. The molecule has 2 N–H and O–H groups in total. The van der Waals surface area contributed by atoms with Crippen LogP contribution >= 0.6 is 0 Å². The molecular formula is C32H36FN3O6. The highest BCUT2D eigenvalue weighted by Crippen LogP contribution is 2.45. The Hall–Kier alpha value is -4.57. The van der Waals surface area contributed by atoms with Crippen LogP contribution in [-0.2, 0) is 20.9 Å². The first-order valence-corrected chi connectivity index (χ1v) is 13.5. The smallest absolute Gasteiger partial charge is 0.325 e. The molecule has 10 heteroatoms. The van der Waals surface area contributed by atoms with E-state index in [1.807, 2.05) is 44.1 Å². The van der Waals surface area contributed by atoms with Gasteiger partial charge in [0.15, 0.2) is 0 Å².